The molecule has 2 N–H and O–H groups in total. The summed E-state index contributed by atoms with van der Waals surface area (Å²) in [5.74, 6) is -0.195. The van der Waals surface area contributed by atoms with E-state index >= 15 is 0 Å². The lowest BCUT2D eigenvalue weighted by atomic mass is 10.1. The first-order chi connectivity index (χ1) is 8.95. The fraction of sp³-hybridized carbons (Fsp3) is 0.462. The van der Waals surface area contributed by atoms with Crippen molar-refractivity contribution in [3.05, 3.63) is 33.9 Å². The van der Waals surface area contributed by atoms with Crippen LogP contribution in [0.3, 0.4) is 0 Å². The Kier molecular flexibility index (Phi) is 3.42. The molecule has 1 aromatic carbocycles. The molecule has 102 valence electrons. The highest BCUT2D eigenvalue weighted by atomic mass is 16.6. The van der Waals surface area contributed by atoms with Gasteiger partial charge in [-0.15, -0.1) is 0 Å². The SMILES string of the molecule is CNc1cc(C(=O)NCC2(C)CC2)ccc1[N+](=O)[O-]. The molecule has 0 bridgehead atoms. The van der Waals surface area contributed by atoms with Crippen molar-refractivity contribution in [1.29, 1.82) is 0 Å². The third-order valence-electron chi connectivity index (χ3n) is 3.50. The molecule has 2 rings (SSSR count). The van der Waals surface area contributed by atoms with Crippen LogP contribution in [0.15, 0.2) is 18.2 Å². The minimum Gasteiger partial charge on any atom is -0.383 e. The lowest BCUT2D eigenvalue weighted by molar-refractivity contribution is -0.383. The van der Waals surface area contributed by atoms with Gasteiger partial charge in [0.05, 0.1) is 4.92 Å². The topological polar surface area (TPSA) is 84.3 Å². The number of nitrogens with one attached hydrogen (secondary N) is 2. The molecule has 1 aliphatic rings. The Morgan fingerprint density at radius 2 is 2.16 bits per heavy atom. The summed E-state index contributed by atoms with van der Waals surface area (Å²) in [7, 11) is 1.59. The van der Waals surface area contributed by atoms with Gasteiger partial charge in [-0.3, -0.25) is 14.9 Å². The Balaban J connectivity index is 2.11. The van der Waals surface area contributed by atoms with Crippen LogP contribution in [-0.4, -0.2) is 24.4 Å². The molecule has 1 amide bonds. The number of nitro groups is 1. The molecule has 19 heavy (non-hydrogen) atoms. The van der Waals surface area contributed by atoms with Crippen LogP contribution in [0.1, 0.15) is 30.1 Å². The van der Waals surface area contributed by atoms with Gasteiger partial charge >= 0.3 is 0 Å². The second kappa shape index (κ2) is 4.87. The van der Waals surface area contributed by atoms with Crippen LogP contribution in [0.5, 0.6) is 0 Å². The third kappa shape index (κ3) is 3.01. The number of anilines is 1. The van der Waals surface area contributed by atoms with E-state index < -0.39 is 4.92 Å². The van der Waals surface area contributed by atoms with E-state index in [-0.39, 0.29) is 17.0 Å². The molecule has 6 nitrogen and oxygen atoms in total. The predicted octanol–water partition coefficient (Wildman–Crippen LogP) is 2.17. The highest BCUT2D eigenvalue weighted by Gasteiger charge is 2.37. The molecule has 1 saturated carbocycles. The second-order valence-electron chi connectivity index (χ2n) is 5.23. The van der Waals surface area contributed by atoms with Crippen LogP contribution < -0.4 is 10.6 Å². The zero-order valence-electron chi connectivity index (χ0n) is 11.0. The second-order valence-corrected chi connectivity index (χ2v) is 5.23. The Labute approximate surface area is 111 Å². The van der Waals surface area contributed by atoms with Gasteiger partial charge in [0.1, 0.15) is 5.69 Å². The summed E-state index contributed by atoms with van der Waals surface area (Å²) in [6, 6.07) is 4.33. The molecule has 1 aliphatic carbocycles. The minimum atomic E-state index is -0.473. The number of hydrogen-bond donors (Lipinski definition) is 2. The monoisotopic (exact) mass is 263 g/mol. The molecule has 0 saturated heterocycles. The van der Waals surface area contributed by atoms with E-state index in [1.54, 1.807) is 7.05 Å². The average Bonchev–Trinajstić information content (AvgIpc) is 3.13. The van der Waals surface area contributed by atoms with Gasteiger partial charge in [-0.2, -0.15) is 0 Å². The Morgan fingerprint density at radius 1 is 1.47 bits per heavy atom. The molecular formula is C13H17N3O3. The minimum absolute atomic E-state index is 0.0341. The molecule has 0 heterocycles. The number of nitrogens with zero attached hydrogens (tertiary/aromatic N) is 1. The van der Waals surface area contributed by atoms with E-state index in [2.05, 4.69) is 17.6 Å². The van der Waals surface area contributed by atoms with Crippen molar-refractivity contribution in [2.45, 2.75) is 19.8 Å². The maximum Gasteiger partial charge on any atom is 0.292 e. The van der Waals surface area contributed by atoms with Gasteiger partial charge < -0.3 is 10.6 Å². The smallest absolute Gasteiger partial charge is 0.292 e. The first-order valence-electron chi connectivity index (χ1n) is 6.20. The van der Waals surface area contributed by atoms with Crippen LogP contribution in [-0.2, 0) is 0 Å². The molecule has 0 atom stereocenters. The zero-order valence-corrected chi connectivity index (χ0v) is 11.0. The summed E-state index contributed by atoms with van der Waals surface area (Å²) in [5.41, 5.74) is 0.977. The maximum absolute atomic E-state index is 12.0. The van der Waals surface area contributed by atoms with E-state index in [4.69, 9.17) is 0 Å². The van der Waals surface area contributed by atoms with Gasteiger partial charge in [0.25, 0.3) is 11.6 Å². The molecule has 0 radical (unpaired) electrons. The first-order valence-corrected chi connectivity index (χ1v) is 6.20. The Morgan fingerprint density at radius 3 is 2.68 bits per heavy atom. The fourth-order valence-corrected chi connectivity index (χ4v) is 1.82. The largest absolute Gasteiger partial charge is 0.383 e. The molecular weight excluding hydrogens is 246 g/mol. The number of carbonyl (C=O) groups is 1. The summed E-state index contributed by atoms with van der Waals surface area (Å²) in [5, 5.41) is 16.4. The normalized spacial score (nSPS) is 15.7. The number of carbonyl (C=O) groups excluding carboxylic acids is 1. The van der Waals surface area contributed by atoms with Crippen LogP contribution >= 0.6 is 0 Å². The standard InChI is InChI=1S/C13H17N3O3/c1-13(5-6-13)8-15-12(17)9-3-4-11(16(18)19)10(7-9)14-2/h3-4,7,14H,5-6,8H2,1-2H3,(H,15,17). The Hall–Kier alpha value is -2.11. The van der Waals surface area contributed by atoms with E-state index in [9.17, 15) is 14.9 Å². The number of rotatable bonds is 5. The van der Waals surface area contributed by atoms with Crippen LogP contribution in [0.2, 0.25) is 0 Å². The molecule has 0 aromatic heterocycles. The fourth-order valence-electron chi connectivity index (χ4n) is 1.82. The summed E-state index contributed by atoms with van der Waals surface area (Å²) in [6.07, 6.45) is 2.27. The number of benzene rings is 1. The molecule has 0 unspecified atom stereocenters. The lowest BCUT2D eigenvalue weighted by Crippen LogP contribution is -2.29. The average molecular weight is 263 g/mol. The summed E-state index contributed by atoms with van der Waals surface area (Å²) >= 11 is 0. The van der Waals surface area contributed by atoms with Crippen molar-refractivity contribution in [2.24, 2.45) is 5.41 Å². The van der Waals surface area contributed by atoms with Crippen molar-refractivity contribution < 1.29 is 9.72 Å². The summed E-state index contributed by atoms with van der Waals surface area (Å²) in [6.45, 7) is 2.78. The predicted molar refractivity (Wildman–Crippen MR) is 72.3 cm³/mol. The highest BCUT2D eigenvalue weighted by Crippen LogP contribution is 2.44. The van der Waals surface area contributed by atoms with Gasteiger partial charge in [0, 0.05) is 25.2 Å². The van der Waals surface area contributed by atoms with E-state index in [0.29, 0.717) is 17.8 Å². The van der Waals surface area contributed by atoms with Gasteiger partial charge in [-0.25, -0.2) is 0 Å². The van der Waals surface area contributed by atoms with Gasteiger partial charge in [0.2, 0.25) is 0 Å². The number of hydrogen-bond acceptors (Lipinski definition) is 4. The molecule has 1 fully saturated rings. The first kappa shape index (κ1) is 13.3. The highest BCUT2D eigenvalue weighted by molar-refractivity contribution is 5.95. The van der Waals surface area contributed by atoms with E-state index in [0.717, 1.165) is 12.8 Å². The number of amides is 1. The van der Waals surface area contributed by atoms with Crippen molar-refractivity contribution in [1.82, 2.24) is 5.32 Å². The quantitative estimate of drug-likeness (QED) is 0.629. The van der Waals surface area contributed by atoms with Gasteiger partial charge in [-0.1, -0.05) is 6.92 Å². The molecule has 0 aliphatic heterocycles. The van der Waals surface area contributed by atoms with Gasteiger partial charge in [0.15, 0.2) is 0 Å². The molecule has 6 heteroatoms. The summed E-state index contributed by atoms with van der Waals surface area (Å²) < 4.78 is 0. The number of nitro benzene ring substituents is 1. The molecule has 0 spiro atoms. The van der Waals surface area contributed by atoms with Crippen molar-refractivity contribution >= 4 is 17.3 Å². The van der Waals surface area contributed by atoms with Crippen LogP contribution in [0, 0.1) is 15.5 Å². The third-order valence-corrected chi connectivity index (χ3v) is 3.50. The van der Waals surface area contributed by atoms with Gasteiger partial charge in [-0.05, 0) is 30.4 Å². The van der Waals surface area contributed by atoms with Crippen LogP contribution in [0.25, 0.3) is 0 Å². The maximum atomic E-state index is 12.0. The Bertz CT molecular complexity index is 524. The van der Waals surface area contributed by atoms with Crippen molar-refractivity contribution in [3.8, 4) is 0 Å². The lowest BCUT2D eigenvalue weighted by Gasteiger charge is -2.11. The van der Waals surface area contributed by atoms with E-state index in [1.165, 1.54) is 18.2 Å². The van der Waals surface area contributed by atoms with Crippen molar-refractivity contribution in [3.63, 3.8) is 0 Å². The zero-order chi connectivity index (χ0) is 14.0. The summed E-state index contributed by atoms with van der Waals surface area (Å²) in [4.78, 5) is 22.3. The van der Waals surface area contributed by atoms with E-state index in [1.807, 2.05) is 0 Å². The molecule has 1 aromatic rings. The van der Waals surface area contributed by atoms with Crippen molar-refractivity contribution in [2.75, 3.05) is 18.9 Å². The van der Waals surface area contributed by atoms with Crippen LogP contribution in [0.4, 0.5) is 11.4 Å².